The van der Waals surface area contributed by atoms with Gasteiger partial charge in [-0.3, -0.25) is 4.79 Å². The quantitative estimate of drug-likeness (QED) is 0.835. The van der Waals surface area contributed by atoms with Gasteiger partial charge in [-0.2, -0.15) is 0 Å². The largest absolute Gasteiger partial charge is 0.325 e. The Balaban J connectivity index is 2.76. The molecule has 1 atom stereocenters. The van der Waals surface area contributed by atoms with Gasteiger partial charge in [0.25, 0.3) is 0 Å². The monoisotopic (exact) mass is 270 g/mol. The van der Waals surface area contributed by atoms with E-state index in [1.807, 2.05) is 32.2 Å². The van der Waals surface area contributed by atoms with Gasteiger partial charge in [-0.1, -0.05) is 12.1 Å². The van der Waals surface area contributed by atoms with Crippen LogP contribution in [0.25, 0.3) is 0 Å². The Bertz CT molecular complexity index is 526. The first-order valence-electron chi connectivity index (χ1n) is 5.56. The van der Waals surface area contributed by atoms with Crippen molar-refractivity contribution in [2.45, 2.75) is 13.0 Å². The van der Waals surface area contributed by atoms with Gasteiger partial charge in [0, 0.05) is 18.0 Å². The molecule has 100 valence electrons. The molecule has 1 unspecified atom stereocenters. The standard InChI is InChI=1S/C12H18N2O3S/c1-9(13-2)10-5-4-6-11(7-10)14-12(15)8-18(3,16)17/h4-7,9,13H,8H2,1-3H3,(H,14,15). The molecule has 0 aliphatic rings. The van der Waals surface area contributed by atoms with Crippen LogP contribution in [-0.4, -0.2) is 33.4 Å². The van der Waals surface area contributed by atoms with E-state index in [9.17, 15) is 13.2 Å². The summed E-state index contributed by atoms with van der Waals surface area (Å²) < 4.78 is 22.0. The number of carbonyl (C=O) groups is 1. The van der Waals surface area contributed by atoms with Crippen LogP contribution in [0.2, 0.25) is 0 Å². The first-order valence-corrected chi connectivity index (χ1v) is 7.62. The molecule has 0 saturated carbocycles. The Labute approximate surface area is 108 Å². The first kappa shape index (κ1) is 14.7. The van der Waals surface area contributed by atoms with Crippen molar-refractivity contribution in [3.8, 4) is 0 Å². The fourth-order valence-corrected chi connectivity index (χ4v) is 2.04. The van der Waals surface area contributed by atoms with Gasteiger partial charge in [0.05, 0.1) is 0 Å². The van der Waals surface area contributed by atoms with E-state index in [1.54, 1.807) is 6.07 Å². The zero-order valence-electron chi connectivity index (χ0n) is 10.7. The summed E-state index contributed by atoms with van der Waals surface area (Å²) >= 11 is 0. The van der Waals surface area contributed by atoms with E-state index in [4.69, 9.17) is 0 Å². The number of nitrogens with one attached hydrogen (secondary N) is 2. The molecule has 5 nitrogen and oxygen atoms in total. The number of amides is 1. The molecule has 1 aromatic carbocycles. The zero-order chi connectivity index (χ0) is 13.8. The van der Waals surface area contributed by atoms with Gasteiger partial charge in [-0.05, 0) is 31.7 Å². The molecule has 0 bridgehead atoms. The average Bonchev–Trinajstić information content (AvgIpc) is 2.25. The van der Waals surface area contributed by atoms with Crippen LogP contribution in [0, 0.1) is 0 Å². The number of rotatable bonds is 5. The minimum Gasteiger partial charge on any atom is -0.325 e. The lowest BCUT2D eigenvalue weighted by atomic mass is 10.1. The maximum atomic E-state index is 11.5. The van der Waals surface area contributed by atoms with Gasteiger partial charge in [0.15, 0.2) is 9.84 Å². The summed E-state index contributed by atoms with van der Waals surface area (Å²) in [5, 5.41) is 5.66. The molecule has 6 heteroatoms. The van der Waals surface area contributed by atoms with Crippen molar-refractivity contribution in [2.75, 3.05) is 24.4 Å². The number of sulfone groups is 1. The van der Waals surface area contributed by atoms with E-state index in [0.717, 1.165) is 11.8 Å². The van der Waals surface area contributed by atoms with Crippen LogP contribution in [0.5, 0.6) is 0 Å². The molecule has 0 aromatic heterocycles. The molecule has 18 heavy (non-hydrogen) atoms. The maximum Gasteiger partial charge on any atom is 0.239 e. The van der Waals surface area contributed by atoms with E-state index < -0.39 is 21.5 Å². The van der Waals surface area contributed by atoms with Gasteiger partial charge < -0.3 is 10.6 Å². The number of hydrogen-bond acceptors (Lipinski definition) is 4. The number of benzene rings is 1. The zero-order valence-corrected chi connectivity index (χ0v) is 11.5. The highest BCUT2D eigenvalue weighted by atomic mass is 32.2. The van der Waals surface area contributed by atoms with Crippen molar-refractivity contribution in [1.29, 1.82) is 0 Å². The van der Waals surface area contributed by atoms with E-state index in [0.29, 0.717) is 5.69 Å². The summed E-state index contributed by atoms with van der Waals surface area (Å²) in [6.07, 6.45) is 1.03. The van der Waals surface area contributed by atoms with Gasteiger partial charge in [0.2, 0.25) is 5.91 Å². The van der Waals surface area contributed by atoms with Crippen LogP contribution < -0.4 is 10.6 Å². The lowest BCUT2D eigenvalue weighted by molar-refractivity contribution is -0.113. The van der Waals surface area contributed by atoms with E-state index in [1.165, 1.54) is 0 Å². The van der Waals surface area contributed by atoms with E-state index in [-0.39, 0.29) is 6.04 Å². The molecule has 1 amide bonds. The third kappa shape index (κ3) is 4.85. The molecule has 0 aliphatic carbocycles. The topological polar surface area (TPSA) is 75.3 Å². The Morgan fingerprint density at radius 1 is 1.39 bits per heavy atom. The second-order valence-electron chi connectivity index (χ2n) is 4.25. The fourth-order valence-electron chi connectivity index (χ4n) is 1.49. The maximum absolute atomic E-state index is 11.5. The second-order valence-corrected chi connectivity index (χ2v) is 6.39. The number of hydrogen-bond donors (Lipinski definition) is 2. The predicted molar refractivity (Wildman–Crippen MR) is 72.3 cm³/mol. The summed E-state index contributed by atoms with van der Waals surface area (Å²) in [5.41, 5.74) is 1.62. The van der Waals surface area contributed by atoms with Crippen molar-refractivity contribution in [3.63, 3.8) is 0 Å². The Hall–Kier alpha value is -1.40. The molecule has 0 fully saturated rings. The third-order valence-corrected chi connectivity index (χ3v) is 3.28. The second kappa shape index (κ2) is 5.97. The van der Waals surface area contributed by atoms with Crippen molar-refractivity contribution in [3.05, 3.63) is 29.8 Å². The molecule has 0 aliphatic heterocycles. The van der Waals surface area contributed by atoms with E-state index >= 15 is 0 Å². The number of carbonyl (C=O) groups excluding carboxylic acids is 1. The van der Waals surface area contributed by atoms with Crippen LogP contribution in [-0.2, 0) is 14.6 Å². The minimum atomic E-state index is -3.30. The molecule has 0 saturated heterocycles. The molecule has 1 aromatic rings. The normalized spacial score (nSPS) is 13.1. The summed E-state index contributed by atoms with van der Waals surface area (Å²) in [7, 11) is -1.45. The average molecular weight is 270 g/mol. The molecule has 1 rings (SSSR count). The van der Waals surface area contributed by atoms with Crippen molar-refractivity contribution in [2.24, 2.45) is 0 Å². The highest BCUT2D eigenvalue weighted by molar-refractivity contribution is 7.91. The molecule has 0 heterocycles. The van der Waals surface area contributed by atoms with Crippen molar-refractivity contribution < 1.29 is 13.2 Å². The molecule has 0 radical (unpaired) electrons. The summed E-state index contributed by atoms with van der Waals surface area (Å²) in [6, 6.07) is 7.47. The van der Waals surface area contributed by atoms with Gasteiger partial charge >= 0.3 is 0 Å². The Morgan fingerprint density at radius 2 is 2.06 bits per heavy atom. The highest BCUT2D eigenvalue weighted by Crippen LogP contribution is 2.16. The molecular formula is C12H18N2O3S. The Kier molecular flexibility index (Phi) is 4.86. The van der Waals surface area contributed by atoms with Crippen LogP contribution in [0.4, 0.5) is 5.69 Å². The SMILES string of the molecule is CNC(C)c1cccc(NC(=O)CS(C)(=O)=O)c1. The summed E-state index contributed by atoms with van der Waals surface area (Å²) in [6.45, 7) is 2.00. The van der Waals surface area contributed by atoms with Gasteiger partial charge in [0.1, 0.15) is 5.75 Å². The van der Waals surface area contributed by atoms with Crippen LogP contribution >= 0.6 is 0 Å². The number of anilines is 1. The van der Waals surface area contributed by atoms with Crippen molar-refractivity contribution >= 4 is 21.4 Å². The fraction of sp³-hybridized carbons (Fsp3) is 0.417. The smallest absolute Gasteiger partial charge is 0.239 e. The Morgan fingerprint density at radius 3 is 2.61 bits per heavy atom. The van der Waals surface area contributed by atoms with Crippen LogP contribution in [0.15, 0.2) is 24.3 Å². The predicted octanol–water partition coefficient (Wildman–Crippen LogP) is 0.950. The summed E-state index contributed by atoms with van der Waals surface area (Å²) in [5.74, 6) is -1.02. The lowest BCUT2D eigenvalue weighted by Crippen LogP contribution is -2.22. The molecule has 2 N–H and O–H groups in total. The van der Waals surface area contributed by atoms with E-state index in [2.05, 4.69) is 10.6 Å². The molecule has 0 spiro atoms. The van der Waals surface area contributed by atoms with Crippen LogP contribution in [0.3, 0.4) is 0 Å². The third-order valence-electron chi connectivity index (χ3n) is 2.50. The van der Waals surface area contributed by atoms with Gasteiger partial charge in [-0.25, -0.2) is 8.42 Å². The highest BCUT2D eigenvalue weighted by Gasteiger charge is 2.11. The van der Waals surface area contributed by atoms with Crippen molar-refractivity contribution in [1.82, 2.24) is 5.32 Å². The first-order chi connectivity index (χ1) is 8.31. The minimum absolute atomic E-state index is 0.164. The molecular weight excluding hydrogens is 252 g/mol. The summed E-state index contributed by atoms with van der Waals surface area (Å²) in [4.78, 5) is 11.5. The lowest BCUT2D eigenvalue weighted by Gasteiger charge is -2.12. The van der Waals surface area contributed by atoms with Gasteiger partial charge in [-0.15, -0.1) is 0 Å². The van der Waals surface area contributed by atoms with Crippen LogP contribution in [0.1, 0.15) is 18.5 Å².